The molecule has 3 heterocycles. The number of rotatable bonds is 4. The maximum absolute atomic E-state index is 11.8. The second-order valence-corrected chi connectivity index (χ2v) is 6.68. The van der Waals surface area contributed by atoms with Crippen LogP contribution in [0.25, 0.3) is 0 Å². The molecule has 122 valence electrons. The molecule has 0 bridgehead atoms. The van der Waals surface area contributed by atoms with E-state index in [1.54, 1.807) is 11.3 Å². The average Bonchev–Trinajstić information content (AvgIpc) is 3.15. The summed E-state index contributed by atoms with van der Waals surface area (Å²) in [6.45, 7) is 7.33. The molecule has 1 aliphatic rings. The molecule has 1 amide bonds. The van der Waals surface area contributed by atoms with E-state index in [-0.39, 0.29) is 11.8 Å². The number of nitrogens with zero attached hydrogens (tertiary/aromatic N) is 4. The van der Waals surface area contributed by atoms with Crippen molar-refractivity contribution in [3.8, 4) is 0 Å². The van der Waals surface area contributed by atoms with Gasteiger partial charge in [0.05, 0.1) is 11.4 Å². The summed E-state index contributed by atoms with van der Waals surface area (Å²) in [7, 11) is 0. The Morgan fingerprint density at radius 3 is 2.91 bits per heavy atom. The standard InChI is InChI=1S/C16H21N5OS/c1-4-15(22)21-6-5-12(8-21)13-7-14(19-11(3)18-13)20-16-17-10(2)9-23-16/h7,9,12H,4-6,8H2,1-3H3,(H,17,18,19,20)/t12-/m0/s1. The minimum Gasteiger partial charge on any atom is -0.342 e. The minimum atomic E-state index is 0.217. The monoisotopic (exact) mass is 331 g/mol. The van der Waals surface area contributed by atoms with Gasteiger partial charge >= 0.3 is 0 Å². The highest BCUT2D eigenvalue weighted by Gasteiger charge is 2.27. The van der Waals surface area contributed by atoms with Gasteiger partial charge in [0.1, 0.15) is 11.6 Å². The van der Waals surface area contributed by atoms with Crippen molar-refractivity contribution in [2.24, 2.45) is 0 Å². The lowest BCUT2D eigenvalue weighted by Crippen LogP contribution is -2.27. The van der Waals surface area contributed by atoms with Gasteiger partial charge in [-0.2, -0.15) is 0 Å². The molecule has 1 saturated heterocycles. The Hall–Kier alpha value is -2.02. The van der Waals surface area contributed by atoms with Crippen molar-refractivity contribution in [1.82, 2.24) is 19.9 Å². The molecule has 0 saturated carbocycles. The number of aromatic nitrogens is 3. The van der Waals surface area contributed by atoms with E-state index in [1.165, 1.54) is 0 Å². The molecule has 7 heteroatoms. The first-order valence-corrected chi connectivity index (χ1v) is 8.75. The first-order chi connectivity index (χ1) is 11.0. The van der Waals surface area contributed by atoms with Gasteiger partial charge in [0.25, 0.3) is 0 Å². The van der Waals surface area contributed by atoms with Crippen LogP contribution in [-0.2, 0) is 4.79 Å². The van der Waals surface area contributed by atoms with E-state index in [0.717, 1.165) is 47.7 Å². The zero-order chi connectivity index (χ0) is 16.4. The van der Waals surface area contributed by atoms with E-state index < -0.39 is 0 Å². The fraction of sp³-hybridized carbons (Fsp3) is 0.500. The van der Waals surface area contributed by atoms with Crippen LogP contribution in [0.1, 0.15) is 42.9 Å². The molecule has 0 aliphatic carbocycles. The fourth-order valence-corrected chi connectivity index (χ4v) is 3.53. The van der Waals surface area contributed by atoms with Gasteiger partial charge < -0.3 is 10.2 Å². The molecule has 0 unspecified atom stereocenters. The van der Waals surface area contributed by atoms with Gasteiger partial charge in [-0.05, 0) is 20.3 Å². The van der Waals surface area contributed by atoms with Gasteiger partial charge in [0.15, 0.2) is 5.13 Å². The van der Waals surface area contributed by atoms with Gasteiger partial charge in [-0.3, -0.25) is 4.79 Å². The molecular weight excluding hydrogens is 310 g/mol. The lowest BCUT2D eigenvalue weighted by atomic mass is 10.0. The number of nitrogens with one attached hydrogen (secondary N) is 1. The zero-order valence-electron chi connectivity index (χ0n) is 13.7. The molecular formula is C16H21N5OS. The Morgan fingerprint density at radius 2 is 2.22 bits per heavy atom. The van der Waals surface area contributed by atoms with Crippen LogP contribution in [0.4, 0.5) is 10.9 Å². The summed E-state index contributed by atoms with van der Waals surface area (Å²) in [6, 6.07) is 1.98. The number of aryl methyl sites for hydroxylation is 2. The number of likely N-dealkylation sites (tertiary alicyclic amines) is 1. The molecule has 6 nitrogen and oxygen atoms in total. The third-order valence-corrected chi connectivity index (χ3v) is 4.85. The van der Waals surface area contributed by atoms with Gasteiger partial charge in [-0.1, -0.05) is 6.92 Å². The maximum Gasteiger partial charge on any atom is 0.222 e. The van der Waals surface area contributed by atoms with E-state index in [0.29, 0.717) is 6.42 Å². The summed E-state index contributed by atoms with van der Waals surface area (Å²) < 4.78 is 0. The van der Waals surface area contributed by atoms with Crippen molar-refractivity contribution in [2.75, 3.05) is 18.4 Å². The van der Waals surface area contributed by atoms with Crippen molar-refractivity contribution in [2.45, 2.75) is 39.5 Å². The lowest BCUT2D eigenvalue weighted by molar-refractivity contribution is -0.129. The third-order valence-electron chi connectivity index (χ3n) is 3.97. The lowest BCUT2D eigenvalue weighted by Gasteiger charge is -2.16. The fourth-order valence-electron chi connectivity index (χ4n) is 2.84. The Balaban J connectivity index is 1.77. The molecule has 3 rings (SSSR count). The van der Waals surface area contributed by atoms with Gasteiger partial charge in [-0.25, -0.2) is 15.0 Å². The number of amides is 1. The highest BCUT2D eigenvalue weighted by Crippen LogP contribution is 2.28. The van der Waals surface area contributed by atoms with E-state index in [4.69, 9.17) is 0 Å². The van der Waals surface area contributed by atoms with Crippen molar-refractivity contribution >= 4 is 28.2 Å². The maximum atomic E-state index is 11.8. The van der Waals surface area contributed by atoms with Crippen molar-refractivity contribution in [3.63, 3.8) is 0 Å². The number of carbonyl (C=O) groups excluding carboxylic acids is 1. The van der Waals surface area contributed by atoms with Crippen molar-refractivity contribution in [3.05, 3.63) is 28.7 Å². The second-order valence-electron chi connectivity index (χ2n) is 5.82. The first-order valence-electron chi connectivity index (χ1n) is 7.87. The van der Waals surface area contributed by atoms with Crippen LogP contribution in [0.15, 0.2) is 11.4 Å². The predicted octanol–water partition coefficient (Wildman–Crippen LogP) is 3.02. The molecule has 0 spiro atoms. The van der Waals surface area contributed by atoms with Crippen LogP contribution in [-0.4, -0.2) is 38.8 Å². The van der Waals surface area contributed by atoms with Crippen molar-refractivity contribution < 1.29 is 4.79 Å². The summed E-state index contributed by atoms with van der Waals surface area (Å²) >= 11 is 1.56. The van der Waals surface area contributed by atoms with E-state index in [1.807, 2.05) is 37.1 Å². The number of carbonyl (C=O) groups is 1. The average molecular weight is 331 g/mol. The summed E-state index contributed by atoms with van der Waals surface area (Å²) in [4.78, 5) is 27.2. The molecule has 1 fully saturated rings. The normalized spacial score (nSPS) is 17.5. The molecule has 2 aromatic heterocycles. The summed E-state index contributed by atoms with van der Waals surface area (Å²) in [6.07, 6.45) is 1.52. The number of hydrogen-bond donors (Lipinski definition) is 1. The molecule has 0 aromatic carbocycles. The first kappa shape index (κ1) is 15.9. The van der Waals surface area contributed by atoms with Gasteiger partial charge in [-0.15, -0.1) is 11.3 Å². The number of anilines is 2. The quantitative estimate of drug-likeness (QED) is 0.932. The summed E-state index contributed by atoms with van der Waals surface area (Å²) in [5, 5.41) is 6.09. The molecule has 1 aliphatic heterocycles. The van der Waals surface area contributed by atoms with Crippen LogP contribution < -0.4 is 5.32 Å². The molecule has 1 atom stereocenters. The second kappa shape index (κ2) is 6.62. The van der Waals surface area contributed by atoms with Crippen LogP contribution >= 0.6 is 11.3 Å². The predicted molar refractivity (Wildman–Crippen MR) is 91.1 cm³/mol. The highest BCUT2D eigenvalue weighted by atomic mass is 32.1. The Labute approximate surface area is 140 Å². The van der Waals surface area contributed by atoms with Crippen LogP contribution in [0.3, 0.4) is 0 Å². The van der Waals surface area contributed by atoms with E-state index in [9.17, 15) is 4.79 Å². The Kier molecular flexibility index (Phi) is 4.56. The van der Waals surface area contributed by atoms with Gasteiger partial charge in [0, 0.05) is 36.9 Å². The SMILES string of the molecule is CCC(=O)N1CC[C@H](c2cc(Nc3nc(C)cs3)nc(C)n2)C1. The third kappa shape index (κ3) is 3.67. The summed E-state index contributed by atoms with van der Waals surface area (Å²) in [5.74, 6) is 2.00. The number of hydrogen-bond acceptors (Lipinski definition) is 6. The van der Waals surface area contributed by atoms with E-state index >= 15 is 0 Å². The summed E-state index contributed by atoms with van der Waals surface area (Å²) in [5.41, 5.74) is 1.99. The Bertz CT molecular complexity index is 714. The largest absolute Gasteiger partial charge is 0.342 e. The molecule has 0 radical (unpaired) electrons. The van der Waals surface area contributed by atoms with Crippen LogP contribution in [0.5, 0.6) is 0 Å². The minimum absolute atomic E-state index is 0.217. The Morgan fingerprint density at radius 1 is 1.39 bits per heavy atom. The van der Waals surface area contributed by atoms with Gasteiger partial charge in [0.2, 0.25) is 5.91 Å². The van der Waals surface area contributed by atoms with E-state index in [2.05, 4.69) is 20.3 Å². The topological polar surface area (TPSA) is 71.0 Å². The molecule has 1 N–H and O–H groups in total. The van der Waals surface area contributed by atoms with Crippen LogP contribution in [0.2, 0.25) is 0 Å². The molecule has 23 heavy (non-hydrogen) atoms. The zero-order valence-corrected chi connectivity index (χ0v) is 14.5. The molecule has 2 aromatic rings. The number of thiazole rings is 1. The highest BCUT2D eigenvalue weighted by molar-refractivity contribution is 7.13. The smallest absolute Gasteiger partial charge is 0.222 e. The van der Waals surface area contributed by atoms with Crippen molar-refractivity contribution in [1.29, 1.82) is 0 Å². The van der Waals surface area contributed by atoms with Crippen LogP contribution in [0, 0.1) is 13.8 Å².